The second-order valence-electron chi connectivity index (χ2n) is 4.96. The van der Waals surface area contributed by atoms with Crippen LogP contribution in [0.25, 0.3) is 0 Å². The summed E-state index contributed by atoms with van der Waals surface area (Å²) in [6.45, 7) is 1.48. The molecule has 24 heavy (non-hydrogen) atoms. The summed E-state index contributed by atoms with van der Waals surface area (Å²) in [5, 5.41) is 0. The molecule has 0 atom stereocenters. The zero-order valence-electron chi connectivity index (χ0n) is 12.8. The van der Waals surface area contributed by atoms with Gasteiger partial charge in [-0.25, -0.2) is 9.18 Å². The predicted octanol–water partition coefficient (Wildman–Crippen LogP) is 1.69. The van der Waals surface area contributed by atoms with Crippen molar-refractivity contribution in [3.8, 4) is 5.75 Å². The molecule has 1 aromatic heterocycles. The first-order valence-corrected chi connectivity index (χ1v) is 7.88. The molecule has 0 radical (unpaired) electrons. The van der Waals surface area contributed by atoms with Gasteiger partial charge in [0.25, 0.3) is 5.56 Å². The predicted molar refractivity (Wildman–Crippen MR) is 90.0 cm³/mol. The van der Waals surface area contributed by atoms with Gasteiger partial charge in [-0.2, -0.15) is 0 Å². The second kappa shape index (κ2) is 7.43. The van der Waals surface area contributed by atoms with Crippen molar-refractivity contribution in [3.63, 3.8) is 0 Å². The molecule has 0 aliphatic carbocycles. The molecule has 1 heterocycles. The lowest BCUT2D eigenvalue weighted by molar-refractivity contribution is 0.0917. The van der Waals surface area contributed by atoms with Gasteiger partial charge in [0.05, 0.1) is 0 Å². The van der Waals surface area contributed by atoms with E-state index in [1.54, 1.807) is 6.07 Å². The molecule has 0 saturated carbocycles. The molecule has 2 rings (SSSR count). The van der Waals surface area contributed by atoms with E-state index < -0.39 is 29.5 Å². The largest absolute Gasteiger partial charge is 0.482 e. The van der Waals surface area contributed by atoms with Gasteiger partial charge in [-0.3, -0.25) is 19.1 Å². The van der Waals surface area contributed by atoms with Crippen LogP contribution in [0, 0.1) is 5.82 Å². The number of H-pyrrole nitrogens is 1. The van der Waals surface area contributed by atoms with Crippen LogP contribution in [0.3, 0.4) is 0 Å². The van der Waals surface area contributed by atoms with Crippen LogP contribution in [0.1, 0.15) is 23.7 Å². The number of nitrogens with zero attached hydrogens (tertiary/aromatic N) is 1. The lowest BCUT2D eigenvalue weighted by Gasteiger charge is -2.12. The molecule has 0 aliphatic heterocycles. The van der Waals surface area contributed by atoms with Gasteiger partial charge in [0, 0.05) is 11.0 Å². The number of nitrogens with one attached hydrogen (secondary N) is 1. The van der Waals surface area contributed by atoms with E-state index in [0.29, 0.717) is 10.9 Å². The number of hydrogen-bond donors (Lipinski definition) is 2. The maximum Gasteiger partial charge on any atom is 0.329 e. The van der Waals surface area contributed by atoms with Gasteiger partial charge in [0.1, 0.15) is 11.4 Å². The summed E-state index contributed by atoms with van der Waals surface area (Å²) in [6, 6.07) is 4.08. The van der Waals surface area contributed by atoms with Crippen LogP contribution in [0.2, 0.25) is 0 Å². The van der Waals surface area contributed by atoms with Crippen molar-refractivity contribution in [1.29, 1.82) is 0 Å². The fourth-order valence-corrected chi connectivity index (χ4v) is 2.44. The first-order chi connectivity index (χ1) is 11.3. The van der Waals surface area contributed by atoms with Crippen molar-refractivity contribution in [2.24, 2.45) is 0 Å². The topological polar surface area (TPSA) is 107 Å². The summed E-state index contributed by atoms with van der Waals surface area (Å²) in [6.07, 6.45) is 0.588. The Kier molecular flexibility index (Phi) is 5.55. The highest BCUT2D eigenvalue weighted by Gasteiger charge is 2.20. The third-order valence-corrected chi connectivity index (χ3v) is 3.71. The summed E-state index contributed by atoms with van der Waals surface area (Å²) >= 11 is 3.10. The van der Waals surface area contributed by atoms with Gasteiger partial charge in [-0.15, -0.1) is 0 Å². The molecule has 0 saturated heterocycles. The monoisotopic (exact) mass is 399 g/mol. The average Bonchev–Trinajstić information content (AvgIpc) is 2.50. The Balaban J connectivity index is 2.28. The van der Waals surface area contributed by atoms with Crippen LogP contribution >= 0.6 is 15.9 Å². The molecule has 0 amide bonds. The SMILES string of the molecule is CCCn1c(N)c(C(=O)COc2ccc(Br)cc2F)c(=O)[nH]c1=O. The highest BCUT2D eigenvalue weighted by molar-refractivity contribution is 9.10. The Labute approximate surface area is 144 Å². The number of rotatable bonds is 6. The summed E-state index contributed by atoms with van der Waals surface area (Å²) in [4.78, 5) is 37.9. The standard InChI is InChI=1S/C15H15BrFN3O4/c1-2-5-20-13(18)12(14(22)19-15(20)23)10(21)7-24-11-4-3-8(16)6-9(11)17/h3-4,6H,2,5,7,18H2,1H3,(H,19,22,23). The number of ketones is 1. The van der Waals surface area contributed by atoms with Crippen molar-refractivity contribution < 1.29 is 13.9 Å². The van der Waals surface area contributed by atoms with Crippen LogP contribution < -0.4 is 21.7 Å². The van der Waals surface area contributed by atoms with E-state index in [0.717, 1.165) is 4.57 Å². The van der Waals surface area contributed by atoms with Crippen molar-refractivity contribution in [3.05, 3.63) is 54.9 Å². The molecule has 0 bridgehead atoms. The fourth-order valence-electron chi connectivity index (χ4n) is 2.11. The summed E-state index contributed by atoms with van der Waals surface area (Å²) in [5.41, 5.74) is 3.82. The van der Waals surface area contributed by atoms with Crippen molar-refractivity contribution >= 4 is 27.5 Å². The van der Waals surface area contributed by atoms with Gasteiger partial charge in [0.15, 0.2) is 18.2 Å². The maximum absolute atomic E-state index is 13.7. The van der Waals surface area contributed by atoms with Gasteiger partial charge in [-0.1, -0.05) is 22.9 Å². The third-order valence-electron chi connectivity index (χ3n) is 3.22. The van der Waals surface area contributed by atoms with E-state index >= 15 is 0 Å². The van der Waals surface area contributed by atoms with Crippen molar-refractivity contribution in [2.75, 3.05) is 12.3 Å². The number of halogens is 2. The quantitative estimate of drug-likeness (QED) is 0.718. The number of nitrogen functional groups attached to an aromatic ring is 1. The van der Waals surface area contributed by atoms with Crippen LogP contribution in [0.15, 0.2) is 32.3 Å². The fraction of sp³-hybridized carbons (Fsp3) is 0.267. The summed E-state index contributed by atoms with van der Waals surface area (Å²) in [7, 11) is 0. The number of carbonyl (C=O) groups is 1. The minimum atomic E-state index is -0.894. The Hall–Kier alpha value is -2.42. The third kappa shape index (κ3) is 3.73. The number of ether oxygens (including phenoxy) is 1. The summed E-state index contributed by atoms with van der Waals surface area (Å²) < 4.78 is 20.4. The van der Waals surface area contributed by atoms with Crippen LogP contribution in [-0.4, -0.2) is 21.9 Å². The first-order valence-electron chi connectivity index (χ1n) is 7.08. The van der Waals surface area contributed by atoms with E-state index in [2.05, 4.69) is 15.9 Å². The van der Waals surface area contributed by atoms with Crippen LogP contribution in [-0.2, 0) is 6.54 Å². The van der Waals surface area contributed by atoms with Gasteiger partial charge in [-0.05, 0) is 24.6 Å². The van der Waals surface area contributed by atoms with Crippen molar-refractivity contribution in [1.82, 2.24) is 9.55 Å². The van der Waals surface area contributed by atoms with Gasteiger partial charge in [0.2, 0.25) is 5.78 Å². The molecule has 2 aromatic rings. The minimum absolute atomic E-state index is 0.136. The Morgan fingerprint density at radius 3 is 2.75 bits per heavy atom. The molecule has 128 valence electrons. The zero-order chi connectivity index (χ0) is 17.9. The van der Waals surface area contributed by atoms with Crippen molar-refractivity contribution in [2.45, 2.75) is 19.9 Å². The molecule has 0 spiro atoms. The number of carbonyl (C=O) groups excluding carboxylic acids is 1. The second-order valence-corrected chi connectivity index (χ2v) is 5.87. The van der Waals surface area contributed by atoms with E-state index in [1.807, 2.05) is 11.9 Å². The van der Waals surface area contributed by atoms with E-state index in [-0.39, 0.29) is 23.7 Å². The van der Waals surface area contributed by atoms with E-state index in [1.165, 1.54) is 12.1 Å². The van der Waals surface area contributed by atoms with Gasteiger partial charge < -0.3 is 10.5 Å². The van der Waals surface area contributed by atoms with E-state index in [9.17, 15) is 18.8 Å². The number of nitrogens with two attached hydrogens (primary N) is 1. The molecule has 0 aliphatic rings. The first kappa shape index (κ1) is 17.9. The number of benzene rings is 1. The Morgan fingerprint density at radius 2 is 2.12 bits per heavy atom. The van der Waals surface area contributed by atoms with Gasteiger partial charge >= 0.3 is 5.69 Å². The Bertz CT molecular complexity index is 891. The number of aromatic nitrogens is 2. The van der Waals surface area contributed by atoms with E-state index in [4.69, 9.17) is 10.5 Å². The normalized spacial score (nSPS) is 10.6. The summed E-state index contributed by atoms with van der Waals surface area (Å²) in [5.74, 6) is -1.77. The molecule has 0 unspecified atom stereocenters. The molecule has 3 N–H and O–H groups in total. The number of Topliss-reactive ketones (excluding diaryl/α,β-unsaturated/α-hetero) is 1. The smallest absolute Gasteiger partial charge is 0.329 e. The number of anilines is 1. The van der Waals surface area contributed by atoms with Crippen LogP contribution in [0.5, 0.6) is 5.75 Å². The molecule has 7 nitrogen and oxygen atoms in total. The molecular weight excluding hydrogens is 385 g/mol. The lowest BCUT2D eigenvalue weighted by atomic mass is 10.2. The Morgan fingerprint density at radius 1 is 1.42 bits per heavy atom. The number of aromatic amines is 1. The highest BCUT2D eigenvalue weighted by atomic mass is 79.9. The lowest BCUT2D eigenvalue weighted by Crippen LogP contribution is -2.37. The number of hydrogen-bond acceptors (Lipinski definition) is 5. The molecule has 0 fully saturated rings. The minimum Gasteiger partial charge on any atom is -0.482 e. The van der Waals surface area contributed by atoms with Crippen LogP contribution in [0.4, 0.5) is 10.2 Å². The highest BCUT2D eigenvalue weighted by Crippen LogP contribution is 2.21. The molecule has 1 aromatic carbocycles. The molecular formula is C15H15BrFN3O4. The average molecular weight is 400 g/mol. The zero-order valence-corrected chi connectivity index (χ0v) is 14.4. The molecule has 9 heteroatoms. The maximum atomic E-state index is 13.7.